The van der Waals surface area contributed by atoms with Gasteiger partial charge in [0, 0.05) is 19.5 Å². The van der Waals surface area contributed by atoms with Crippen LogP contribution in [-0.4, -0.2) is 36.6 Å². The predicted molar refractivity (Wildman–Crippen MR) is 84.4 cm³/mol. The molecule has 0 fully saturated rings. The van der Waals surface area contributed by atoms with E-state index in [1.54, 1.807) is 19.1 Å². The van der Waals surface area contributed by atoms with Crippen LogP contribution in [0.2, 0.25) is 0 Å². The highest BCUT2D eigenvalue weighted by Gasteiger charge is 2.11. The molecule has 0 unspecified atom stereocenters. The molecule has 5 nitrogen and oxygen atoms in total. The van der Waals surface area contributed by atoms with Crippen molar-refractivity contribution in [2.75, 3.05) is 20.7 Å². The van der Waals surface area contributed by atoms with Crippen LogP contribution < -0.4 is 10.2 Å². The Balaban J connectivity index is 2.12. The molecule has 0 radical (unpaired) electrons. The first-order valence-corrected chi connectivity index (χ1v) is 7.71. The highest BCUT2D eigenvalue weighted by Crippen LogP contribution is 2.32. The Bertz CT molecular complexity index is 616. The number of nitrogens with zero attached hydrogens (tertiary/aromatic N) is 2. The molecule has 0 spiro atoms. The summed E-state index contributed by atoms with van der Waals surface area (Å²) in [5.74, 6) is 0.794. The summed E-state index contributed by atoms with van der Waals surface area (Å²) in [5.41, 5.74) is 4.31. The van der Waals surface area contributed by atoms with E-state index in [0.29, 0.717) is 11.6 Å². The van der Waals surface area contributed by atoms with E-state index >= 15 is 0 Å². The number of carbonyl (C=O) groups excluding carboxylic acids is 1. The first-order valence-electron chi connectivity index (χ1n) is 6.29. The molecule has 0 aliphatic rings. The molecule has 1 aromatic heterocycles. The zero-order valence-corrected chi connectivity index (χ0v) is 13.4. The van der Waals surface area contributed by atoms with Crippen LogP contribution in [0.25, 0.3) is 10.6 Å². The lowest BCUT2D eigenvalue weighted by atomic mass is 10.2. The maximum Gasteiger partial charge on any atom is 0.272 e. The van der Waals surface area contributed by atoms with E-state index in [4.69, 9.17) is 16.3 Å². The Labute approximate surface area is 132 Å². The number of hydrogen-bond donors (Lipinski definition) is 1. The van der Waals surface area contributed by atoms with Crippen molar-refractivity contribution >= 4 is 28.8 Å². The zero-order valence-electron chi connectivity index (χ0n) is 11.8. The Hall–Kier alpha value is -1.63. The number of alkyl halides is 1. The van der Waals surface area contributed by atoms with Crippen molar-refractivity contribution in [2.45, 2.75) is 5.88 Å². The van der Waals surface area contributed by atoms with Crippen LogP contribution in [0, 0.1) is 0 Å². The minimum atomic E-state index is -0.213. The third-order valence-electron chi connectivity index (χ3n) is 2.51. The maximum atomic E-state index is 11.6. The number of carbonyl (C=O) groups is 1. The number of thiazole rings is 1. The third kappa shape index (κ3) is 4.42. The van der Waals surface area contributed by atoms with Gasteiger partial charge in [-0.15, -0.1) is 22.9 Å². The summed E-state index contributed by atoms with van der Waals surface area (Å²) >= 11 is 7.28. The van der Waals surface area contributed by atoms with Crippen LogP contribution in [0.15, 0.2) is 29.6 Å². The minimum Gasteiger partial charge on any atom is -0.483 e. The van der Waals surface area contributed by atoms with Gasteiger partial charge >= 0.3 is 0 Å². The minimum absolute atomic E-state index is 0.0526. The summed E-state index contributed by atoms with van der Waals surface area (Å²) in [5, 5.41) is 4.32. The second kappa shape index (κ2) is 7.40. The molecule has 1 aromatic carbocycles. The molecule has 2 rings (SSSR count). The van der Waals surface area contributed by atoms with Gasteiger partial charge in [-0.3, -0.25) is 10.2 Å². The van der Waals surface area contributed by atoms with Crippen LogP contribution >= 0.6 is 22.9 Å². The van der Waals surface area contributed by atoms with Gasteiger partial charge in [0.25, 0.3) is 5.91 Å². The molecule has 21 heavy (non-hydrogen) atoms. The number of amides is 1. The number of halogens is 1. The van der Waals surface area contributed by atoms with E-state index in [9.17, 15) is 4.79 Å². The van der Waals surface area contributed by atoms with Gasteiger partial charge in [0.2, 0.25) is 0 Å². The number of aromatic nitrogens is 1. The van der Waals surface area contributed by atoms with Crippen LogP contribution in [0.5, 0.6) is 5.75 Å². The molecule has 1 heterocycles. The molecule has 0 saturated heterocycles. The van der Waals surface area contributed by atoms with Crippen molar-refractivity contribution in [1.29, 1.82) is 0 Å². The fraction of sp³-hybridized carbons (Fsp3) is 0.286. The van der Waals surface area contributed by atoms with Gasteiger partial charge in [-0.05, 0) is 12.1 Å². The van der Waals surface area contributed by atoms with Gasteiger partial charge in [-0.25, -0.2) is 9.99 Å². The maximum absolute atomic E-state index is 11.6. The molecule has 0 bridgehead atoms. The summed E-state index contributed by atoms with van der Waals surface area (Å²) in [6.07, 6.45) is 0. The average Bonchev–Trinajstić information content (AvgIpc) is 2.93. The third-order valence-corrected chi connectivity index (χ3v) is 3.71. The molecule has 1 N–H and O–H groups in total. The standard InChI is InChI=1S/C14H16ClN3O2S/c1-18(2)17-13(19)8-20-12-6-4-3-5-11(12)14-16-10(7-15)9-21-14/h3-6,9H,7-8H2,1-2H3,(H,17,19). The van der Waals surface area contributed by atoms with Crippen molar-refractivity contribution in [3.8, 4) is 16.3 Å². The summed E-state index contributed by atoms with van der Waals surface area (Å²) in [6.45, 7) is -0.0526. The second-order valence-electron chi connectivity index (χ2n) is 4.49. The molecule has 2 aromatic rings. The number of nitrogens with one attached hydrogen (secondary N) is 1. The molecule has 112 valence electrons. The van der Waals surface area contributed by atoms with E-state index in [1.165, 1.54) is 11.3 Å². The molecule has 7 heteroatoms. The summed E-state index contributed by atoms with van der Waals surface area (Å²) in [7, 11) is 3.49. The molecule has 0 aliphatic heterocycles. The Morgan fingerprint density at radius 2 is 2.19 bits per heavy atom. The van der Waals surface area contributed by atoms with Crippen molar-refractivity contribution in [3.63, 3.8) is 0 Å². The largest absolute Gasteiger partial charge is 0.483 e. The van der Waals surface area contributed by atoms with E-state index in [-0.39, 0.29) is 12.5 Å². The molecule has 0 aliphatic carbocycles. The van der Waals surface area contributed by atoms with E-state index in [1.807, 2.05) is 29.6 Å². The lowest BCUT2D eigenvalue weighted by Crippen LogP contribution is -2.39. The highest BCUT2D eigenvalue weighted by molar-refractivity contribution is 7.13. The van der Waals surface area contributed by atoms with Gasteiger partial charge < -0.3 is 4.74 Å². The molecule has 1 amide bonds. The van der Waals surface area contributed by atoms with E-state index < -0.39 is 0 Å². The van der Waals surface area contributed by atoms with Gasteiger partial charge in [-0.1, -0.05) is 12.1 Å². The van der Waals surface area contributed by atoms with Crippen molar-refractivity contribution in [1.82, 2.24) is 15.4 Å². The Morgan fingerprint density at radius 1 is 1.43 bits per heavy atom. The van der Waals surface area contributed by atoms with Gasteiger partial charge in [0.15, 0.2) is 6.61 Å². The average molecular weight is 326 g/mol. The van der Waals surface area contributed by atoms with Crippen LogP contribution in [0.1, 0.15) is 5.69 Å². The molecular weight excluding hydrogens is 310 g/mol. The lowest BCUT2D eigenvalue weighted by Gasteiger charge is -2.13. The monoisotopic (exact) mass is 325 g/mol. The Morgan fingerprint density at radius 3 is 2.86 bits per heavy atom. The number of ether oxygens (including phenoxy) is 1. The van der Waals surface area contributed by atoms with Gasteiger partial charge in [0.05, 0.1) is 17.1 Å². The van der Waals surface area contributed by atoms with Crippen LogP contribution in [0.4, 0.5) is 0 Å². The summed E-state index contributed by atoms with van der Waals surface area (Å²) in [4.78, 5) is 16.0. The smallest absolute Gasteiger partial charge is 0.272 e. The first kappa shape index (κ1) is 15.8. The predicted octanol–water partition coefficient (Wildman–Crippen LogP) is 2.52. The topological polar surface area (TPSA) is 54.5 Å². The molecule has 0 atom stereocenters. The Kier molecular flexibility index (Phi) is 5.55. The van der Waals surface area contributed by atoms with Crippen molar-refractivity contribution < 1.29 is 9.53 Å². The van der Waals surface area contributed by atoms with Crippen LogP contribution in [-0.2, 0) is 10.7 Å². The lowest BCUT2D eigenvalue weighted by molar-refractivity contribution is -0.126. The van der Waals surface area contributed by atoms with Gasteiger partial charge in [0.1, 0.15) is 10.8 Å². The normalized spacial score (nSPS) is 10.7. The molecule has 0 saturated carbocycles. The zero-order chi connectivity index (χ0) is 15.2. The molecular formula is C14H16ClN3O2S. The quantitative estimate of drug-likeness (QED) is 0.655. The number of hydrazine groups is 1. The number of para-hydroxylation sites is 1. The fourth-order valence-electron chi connectivity index (χ4n) is 1.69. The van der Waals surface area contributed by atoms with Crippen molar-refractivity contribution in [2.24, 2.45) is 0 Å². The SMILES string of the molecule is CN(C)NC(=O)COc1ccccc1-c1nc(CCl)cs1. The van der Waals surface area contributed by atoms with Crippen LogP contribution in [0.3, 0.4) is 0 Å². The number of hydrogen-bond acceptors (Lipinski definition) is 5. The highest BCUT2D eigenvalue weighted by atomic mass is 35.5. The summed E-state index contributed by atoms with van der Waals surface area (Å²) in [6, 6.07) is 7.50. The number of rotatable bonds is 6. The number of benzene rings is 1. The fourth-order valence-corrected chi connectivity index (χ4v) is 2.76. The summed E-state index contributed by atoms with van der Waals surface area (Å²) < 4.78 is 5.59. The first-order chi connectivity index (χ1) is 10.1. The van der Waals surface area contributed by atoms with Crippen molar-refractivity contribution in [3.05, 3.63) is 35.3 Å². The van der Waals surface area contributed by atoms with Gasteiger partial charge in [-0.2, -0.15) is 0 Å². The van der Waals surface area contributed by atoms with E-state index in [0.717, 1.165) is 16.3 Å². The second-order valence-corrected chi connectivity index (χ2v) is 5.62. The van der Waals surface area contributed by atoms with E-state index in [2.05, 4.69) is 10.4 Å².